The summed E-state index contributed by atoms with van der Waals surface area (Å²) < 4.78 is 0. The molecule has 0 aliphatic carbocycles. The molecular formula is C14H27N3O2. The summed E-state index contributed by atoms with van der Waals surface area (Å²) in [6, 6.07) is -0.441. The Hall–Kier alpha value is -1.10. The molecule has 1 heterocycles. The molecule has 3 N–H and O–H groups in total. The molecule has 0 aromatic carbocycles. The lowest BCUT2D eigenvalue weighted by Crippen LogP contribution is -2.45. The zero-order chi connectivity index (χ0) is 14.1. The van der Waals surface area contributed by atoms with Crippen LogP contribution in [-0.2, 0) is 9.59 Å². The molecule has 0 radical (unpaired) electrons. The van der Waals surface area contributed by atoms with Crippen molar-refractivity contribution in [1.82, 2.24) is 16.0 Å². The summed E-state index contributed by atoms with van der Waals surface area (Å²) in [4.78, 5) is 23.4. The van der Waals surface area contributed by atoms with E-state index in [1.54, 1.807) is 6.92 Å². The maximum atomic E-state index is 11.8. The first kappa shape index (κ1) is 16.0. The van der Waals surface area contributed by atoms with Crippen molar-refractivity contribution in [3.63, 3.8) is 0 Å². The van der Waals surface area contributed by atoms with Crippen LogP contribution in [0.25, 0.3) is 0 Å². The summed E-state index contributed by atoms with van der Waals surface area (Å²) in [6.07, 6.45) is 4.72. The minimum atomic E-state index is -0.441. The third kappa shape index (κ3) is 6.57. The molecule has 1 saturated heterocycles. The van der Waals surface area contributed by atoms with Gasteiger partial charge < -0.3 is 16.0 Å². The Balaban J connectivity index is 2.16. The molecule has 2 atom stereocenters. The van der Waals surface area contributed by atoms with Gasteiger partial charge >= 0.3 is 0 Å². The largest absolute Gasteiger partial charge is 0.354 e. The van der Waals surface area contributed by atoms with Crippen LogP contribution in [0, 0.1) is 5.92 Å². The van der Waals surface area contributed by atoms with Crippen LogP contribution in [0.2, 0.25) is 0 Å². The zero-order valence-electron chi connectivity index (χ0n) is 12.1. The smallest absolute Gasteiger partial charge is 0.242 e. The second-order valence-electron chi connectivity index (χ2n) is 5.33. The molecule has 1 rings (SSSR count). The van der Waals surface area contributed by atoms with Gasteiger partial charge in [0.05, 0.1) is 0 Å². The van der Waals surface area contributed by atoms with Crippen molar-refractivity contribution in [3.8, 4) is 0 Å². The van der Waals surface area contributed by atoms with Gasteiger partial charge in [-0.05, 0) is 51.6 Å². The van der Waals surface area contributed by atoms with Gasteiger partial charge in [0.25, 0.3) is 0 Å². The Morgan fingerprint density at radius 3 is 2.84 bits per heavy atom. The Bertz CT molecular complexity index is 288. The van der Waals surface area contributed by atoms with Crippen molar-refractivity contribution in [3.05, 3.63) is 0 Å². The monoisotopic (exact) mass is 269 g/mol. The Morgan fingerprint density at radius 1 is 1.42 bits per heavy atom. The molecule has 1 aliphatic rings. The topological polar surface area (TPSA) is 70.2 Å². The fourth-order valence-corrected chi connectivity index (χ4v) is 2.29. The summed E-state index contributed by atoms with van der Waals surface area (Å²) >= 11 is 0. The molecule has 2 unspecified atom stereocenters. The van der Waals surface area contributed by atoms with Crippen molar-refractivity contribution >= 4 is 11.8 Å². The van der Waals surface area contributed by atoms with Crippen LogP contribution in [0.15, 0.2) is 0 Å². The third-order valence-electron chi connectivity index (χ3n) is 3.50. The van der Waals surface area contributed by atoms with E-state index in [0.717, 1.165) is 25.9 Å². The van der Waals surface area contributed by atoms with Crippen LogP contribution in [0.1, 0.15) is 46.0 Å². The van der Waals surface area contributed by atoms with E-state index in [1.807, 2.05) is 6.92 Å². The summed E-state index contributed by atoms with van der Waals surface area (Å²) in [5.74, 6) is 0.475. The Morgan fingerprint density at radius 2 is 2.21 bits per heavy atom. The number of carbonyl (C=O) groups is 2. The van der Waals surface area contributed by atoms with Gasteiger partial charge in [-0.15, -0.1) is 0 Å². The highest BCUT2D eigenvalue weighted by molar-refractivity contribution is 5.87. The van der Waals surface area contributed by atoms with E-state index in [9.17, 15) is 9.59 Å². The number of piperidine rings is 1. The van der Waals surface area contributed by atoms with Crippen molar-refractivity contribution in [2.24, 2.45) is 5.92 Å². The molecule has 0 bridgehead atoms. The van der Waals surface area contributed by atoms with E-state index in [1.165, 1.54) is 12.8 Å². The van der Waals surface area contributed by atoms with E-state index >= 15 is 0 Å². The number of hydrogen-bond donors (Lipinski definition) is 3. The summed E-state index contributed by atoms with van der Waals surface area (Å²) in [7, 11) is 0. The van der Waals surface area contributed by atoms with Gasteiger partial charge in [0.1, 0.15) is 6.04 Å². The first-order chi connectivity index (χ1) is 9.13. The SMILES string of the molecule is CCCNC(=O)C(C)NC(=O)CCC1CCCNC1. The molecule has 19 heavy (non-hydrogen) atoms. The van der Waals surface area contributed by atoms with Gasteiger partial charge in [-0.25, -0.2) is 0 Å². The van der Waals surface area contributed by atoms with Gasteiger partial charge in [-0.3, -0.25) is 9.59 Å². The average Bonchev–Trinajstić information content (AvgIpc) is 2.43. The molecule has 1 aliphatic heterocycles. The minimum Gasteiger partial charge on any atom is -0.354 e. The summed E-state index contributed by atoms with van der Waals surface area (Å²) in [5, 5.41) is 8.88. The van der Waals surface area contributed by atoms with Gasteiger partial charge in [-0.1, -0.05) is 6.92 Å². The highest BCUT2D eigenvalue weighted by atomic mass is 16.2. The maximum Gasteiger partial charge on any atom is 0.242 e. The van der Waals surface area contributed by atoms with E-state index in [4.69, 9.17) is 0 Å². The van der Waals surface area contributed by atoms with Crippen molar-refractivity contribution in [2.45, 2.75) is 52.0 Å². The lowest BCUT2D eigenvalue weighted by atomic mass is 9.94. The lowest BCUT2D eigenvalue weighted by Gasteiger charge is -2.22. The molecular weight excluding hydrogens is 242 g/mol. The number of carbonyl (C=O) groups excluding carboxylic acids is 2. The van der Waals surface area contributed by atoms with Crippen molar-refractivity contribution in [2.75, 3.05) is 19.6 Å². The molecule has 0 saturated carbocycles. The number of amides is 2. The fraction of sp³-hybridized carbons (Fsp3) is 0.857. The second-order valence-corrected chi connectivity index (χ2v) is 5.33. The molecule has 1 fully saturated rings. The summed E-state index contributed by atoms with van der Waals surface area (Å²) in [5.41, 5.74) is 0. The summed E-state index contributed by atoms with van der Waals surface area (Å²) in [6.45, 7) is 6.50. The number of hydrogen-bond acceptors (Lipinski definition) is 3. The normalized spacial score (nSPS) is 20.6. The first-order valence-corrected chi connectivity index (χ1v) is 7.41. The van der Waals surface area contributed by atoms with E-state index < -0.39 is 6.04 Å². The Labute approximate surface area is 115 Å². The van der Waals surface area contributed by atoms with Gasteiger partial charge in [-0.2, -0.15) is 0 Å². The van der Waals surface area contributed by atoms with E-state index in [-0.39, 0.29) is 11.8 Å². The number of nitrogens with one attached hydrogen (secondary N) is 3. The molecule has 0 aromatic rings. The molecule has 5 nitrogen and oxygen atoms in total. The van der Waals surface area contributed by atoms with Crippen LogP contribution in [0.4, 0.5) is 0 Å². The van der Waals surface area contributed by atoms with Crippen LogP contribution >= 0.6 is 0 Å². The fourth-order valence-electron chi connectivity index (χ4n) is 2.29. The maximum absolute atomic E-state index is 11.8. The van der Waals surface area contributed by atoms with E-state index in [2.05, 4.69) is 16.0 Å². The highest BCUT2D eigenvalue weighted by Crippen LogP contribution is 2.15. The van der Waals surface area contributed by atoms with Gasteiger partial charge in [0.15, 0.2) is 0 Å². The predicted molar refractivity (Wildman–Crippen MR) is 75.7 cm³/mol. The molecule has 5 heteroatoms. The van der Waals surface area contributed by atoms with Crippen LogP contribution < -0.4 is 16.0 Å². The Kier molecular flexibility index (Phi) is 7.48. The van der Waals surface area contributed by atoms with Gasteiger partial charge in [0.2, 0.25) is 11.8 Å². The molecule has 0 aromatic heterocycles. The van der Waals surface area contributed by atoms with Crippen LogP contribution in [0.5, 0.6) is 0 Å². The second kappa shape index (κ2) is 8.91. The van der Waals surface area contributed by atoms with E-state index in [0.29, 0.717) is 18.9 Å². The van der Waals surface area contributed by atoms with Crippen LogP contribution in [0.3, 0.4) is 0 Å². The third-order valence-corrected chi connectivity index (χ3v) is 3.50. The first-order valence-electron chi connectivity index (χ1n) is 7.41. The number of rotatable bonds is 7. The van der Waals surface area contributed by atoms with Crippen molar-refractivity contribution < 1.29 is 9.59 Å². The lowest BCUT2D eigenvalue weighted by molar-refractivity contribution is -0.128. The molecule has 110 valence electrons. The standard InChI is InChI=1S/C14H27N3O2/c1-3-8-16-14(19)11(2)17-13(18)7-6-12-5-4-9-15-10-12/h11-12,15H,3-10H2,1-2H3,(H,16,19)(H,17,18). The minimum absolute atomic E-state index is 0.0234. The predicted octanol–water partition coefficient (Wildman–Crippen LogP) is 0.797. The van der Waals surface area contributed by atoms with Gasteiger partial charge in [0, 0.05) is 13.0 Å². The van der Waals surface area contributed by atoms with Crippen molar-refractivity contribution in [1.29, 1.82) is 0 Å². The average molecular weight is 269 g/mol. The molecule has 0 spiro atoms. The zero-order valence-corrected chi connectivity index (χ0v) is 12.1. The highest BCUT2D eigenvalue weighted by Gasteiger charge is 2.17. The quantitative estimate of drug-likeness (QED) is 0.640. The molecule has 2 amide bonds. The van der Waals surface area contributed by atoms with Crippen LogP contribution in [-0.4, -0.2) is 37.5 Å².